The van der Waals surface area contributed by atoms with E-state index in [0.29, 0.717) is 11.3 Å². The third kappa shape index (κ3) is 2.17. The number of carbonyl (C=O) groups excluding carboxylic acids is 1. The van der Waals surface area contributed by atoms with Crippen LogP contribution in [0.1, 0.15) is 17.3 Å². The normalized spacial score (nSPS) is 20.8. The van der Waals surface area contributed by atoms with Gasteiger partial charge in [0.05, 0.1) is 0 Å². The molecule has 4 nitrogen and oxygen atoms in total. The zero-order valence-corrected chi connectivity index (χ0v) is 9.44. The first kappa shape index (κ1) is 11.0. The van der Waals surface area contributed by atoms with Gasteiger partial charge in [-0.25, -0.2) is 0 Å². The van der Waals surface area contributed by atoms with Crippen LogP contribution >= 0.6 is 0 Å². The number of hydrogen-bond acceptors (Lipinski definition) is 3. The van der Waals surface area contributed by atoms with Crippen LogP contribution in [0.4, 0.5) is 5.69 Å². The molecule has 1 saturated heterocycles. The number of nitrogen functional groups attached to an aromatic ring is 1. The van der Waals surface area contributed by atoms with Crippen LogP contribution in [0.3, 0.4) is 0 Å². The molecule has 1 heterocycles. The monoisotopic (exact) mass is 219 g/mol. The maximum absolute atomic E-state index is 12.2. The first-order valence-electron chi connectivity index (χ1n) is 5.55. The van der Waals surface area contributed by atoms with Crippen molar-refractivity contribution in [2.45, 2.75) is 13.0 Å². The minimum absolute atomic E-state index is 0.0706. The van der Waals surface area contributed by atoms with Gasteiger partial charge in [0, 0.05) is 36.9 Å². The second-order valence-electron chi connectivity index (χ2n) is 4.18. The maximum Gasteiger partial charge on any atom is 0.254 e. The summed E-state index contributed by atoms with van der Waals surface area (Å²) in [7, 11) is 0. The lowest BCUT2D eigenvalue weighted by atomic mass is 10.1. The zero-order valence-electron chi connectivity index (χ0n) is 9.44. The van der Waals surface area contributed by atoms with Crippen LogP contribution in [0.25, 0.3) is 0 Å². The summed E-state index contributed by atoms with van der Waals surface area (Å²) in [5.74, 6) is 0.0706. The van der Waals surface area contributed by atoms with Gasteiger partial charge in [-0.05, 0) is 25.1 Å². The van der Waals surface area contributed by atoms with E-state index < -0.39 is 0 Å². The van der Waals surface area contributed by atoms with Crippen molar-refractivity contribution < 1.29 is 4.79 Å². The van der Waals surface area contributed by atoms with Gasteiger partial charge in [0.1, 0.15) is 0 Å². The molecule has 86 valence electrons. The Hall–Kier alpha value is -1.55. The first-order chi connectivity index (χ1) is 7.68. The summed E-state index contributed by atoms with van der Waals surface area (Å²) >= 11 is 0. The fourth-order valence-electron chi connectivity index (χ4n) is 1.98. The Morgan fingerprint density at radius 3 is 3.06 bits per heavy atom. The topological polar surface area (TPSA) is 58.4 Å². The lowest BCUT2D eigenvalue weighted by Crippen LogP contribution is -2.52. The van der Waals surface area contributed by atoms with Crippen LogP contribution in [-0.2, 0) is 0 Å². The summed E-state index contributed by atoms with van der Waals surface area (Å²) in [6, 6.07) is 7.39. The lowest BCUT2D eigenvalue weighted by molar-refractivity contribution is 0.0656. The van der Waals surface area contributed by atoms with E-state index in [1.807, 2.05) is 17.0 Å². The highest BCUT2D eigenvalue weighted by Crippen LogP contribution is 2.12. The molecule has 3 N–H and O–H groups in total. The van der Waals surface area contributed by atoms with Crippen molar-refractivity contribution >= 4 is 11.6 Å². The predicted octanol–water partition coefficient (Wildman–Crippen LogP) is 0.703. The van der Waals surface area contributed by atoms with Gasteiger partial charge in [-0.1, -0.05) is 6.07 Å². The molecular formula is C12H17N3O. The minimum atomic E-state index is 0.0706. The van der Waals surface area contributed by atoms with Crippen LogP contribution in [0.15, 0.2) is 24.3 Å². The van der Waals surface area contributed by atoms with Crippen molar-refractivity contribution in [3.05, 3.63) is 29.8 Å². The molecule has 0 spiro atoms. The summed E-state index contributed by atoms with van der Waals surface area (Å²) < 4.78 is 0. The summed E-state index contributed by atoms with van der Waals surface area (Å²) in [5.41, 5.74) is 6.99. The molecule has 4 heteroatoms. The van der Waals surface area contributed by atoms with E-state index in [1.54, 1.807) is 12.1 Å². The first-order valence-corrected chi connectivity index (χ1v) is 5.55. The number of carbonyl (C=O) groups is 1. The number of nitrogens with zero attached hydrogens (tertiary/aromatic N) is 1. The number of rotatable bonds is 1. The average molecular weight is 219 g/mol. The Bertz CT molecular complexity index is 392. The highest BCUT2D eigenvalue weighted by molar-refractivity contribution is 5.95. The molecular weight excluding hydrogens is 202 g/mol. The smallest absolute Gasteiger partial charge is 0.254 e. The number of benzene rings is 1. The van der Waals surface area contributed by atoms with E-state index in [-0.39, 0.29) is 11.9 Å². The summed E-state index contributed by atoms with van der Waals surface area (Å²) in [5, 5.41) is 3.26. The summed E-state index contributed by atoms with van der Waals surface area (Å²) in [4.78, 5) is 14.1. The molecule has 16 heavy (non-hydrogen) atoms. The number of nitrogens with two attached hydrogens (primary N) is 1. The van der Waals surface area contributed by atoms with E-state index in [9.17, 15) is 4.79 Å². The number of nitrogens with one attached hydrogen (secondary N) is 1. The third-order valence-electron chi connectivity index (χ3n) is 2.90. The Labute approximate surface area is 95.4 Å². The van der Waals surface area contributed by atoms with Gasteiger partial charge in [-0.3, -0.25) is 4.79 Å². The standard InChI is InChI=1S/C12H17N3O/c1-9-8-14-5-6-15(9)12(16)10-3-2-4-11(13)7-10/h2-4,7,9,14H,5-6,8,13H2,1H3/t9-/m1/s1. The predicted molar refractivity (Wildman–Crippen MR) is 64.2 cm³/mol. The number of anilines is 1. The maximum atomic E-state index is 12.2. The van der Waals surface area contributed by atoms with Crippen LogP contribution in [0.5, 0.6) is 0 Å². The van der Waals surface area contributed by atoms with Crippen molar-refractivity contribution in [1.82, 2.24) is 10.2 Å². The van der Waals surface area contributed by atoms with Crippen LogP contribution in [0.2, 0.25) is 0 Å². The zero-order chi connectivity index (χ0) is 11.5. The van der Waals surface area contributed by atoms with Gasteiger partial charge in [0.2, 0.25) is 0 Å². The second-order valence-corrected chi connectivity index (χ2v) is 4.18. The molecule has 0 unspecified atom stereocenters. The van der Waals surface area contributed by atoms with Gasteiger partial charge in [0.15, 0.2) is 0 Å². The van der Waals surface area contributed by atoms with Gasteiger partial charge in [-0.2, -0.15) is 0 Å². The van der Waals surface area contributed by atoms with Gasteiger partial charge < -0.3 is 16.0 Å². The van der Waals surface area contributed by atoms with Gasteiger partial charge >= 0.3 is 0 Å². The fourth-order valence-corrected chi connectivity index (χ4v) is 1.98. The largest absolute Gasteiger partial charge is 0.399 e. The van der Waals surface area contributed by atoms with Crippen molar-refractivity contribution in [3.8, 4) is 0 Å². The Morgan fingerprint density at radius 2 is 2.38 bits per heavy atom. The molecule has 1 fully saturated rings. The number of piperazine rings is 1. The molecule has 0 bridgehead atoms. The highest BCUT2D eigenvalue weighted by atomic mass is 16.2. The molecule has 0 aromatic heterocycles. The summed E-state index contributed by atoms with van der Waals surface area (Å²) in [6.45, 7) is 4.53. The number of amides is 1. The van der Waals surface area contributed by atoms with Crippen molar-refractivity contribution in [3.63, 3.8) is 0 Å². The highest BCUT2D eigenvalue weighted by Gasteiger charge is 2.23. The van der Waals surface area contributed by atoms with E-state index in [0.717, 1.165) is 19.6 Å². The second kappa shape index (κ2) is 4.53. The molecule has 2 rings (SSSR count). The van der Waals surface area contributed by atoms with Crippen molar-refractivity contribution in [2.24, 2.45) is 0 Å². The number of hydrogen-bond donors (Lipinski definition) is 2. The molecule has 1 aliphatic heterocycles. The van der Waals surface area contributed by atoms with Crippen LogP contribution in [0, 0.1) is 0 Å². The minimum Gasteiger partial charge on any atom is -0.399 e. The van der Waals surface area contributed by atoms with E-state index in [2.05, 4.69) is 12.2 Å². The molecule has 1 amide bonds. The van der Waals surface area contributed by atoms with Crippen LogP contribution in [-0.4, -0.2) is 36.5 Å². The van der Waals surface area contributed by atoms with Crippen LogP contribution < -0.4 is 11.1 Å². The Morgan fingerprint density at radius 1 is 1.56 bits per heavy atom. The third-order valence-corrected chi connectivity index (χ3v) is 2.90. The molecule has 0 saturated carbocycles. The quantitative estimate of drug-likeness (QED) is 0.684. The van der Waals surface area contributed by atoms with E-state index in [4.69, 9.17) is 5.73 Å². The Kier molecular flexibility index (Phi) is 3.10. The van der Waals surface area contributed by atoms with Crippen molar-refractivity contribution in [2.75, 3.05) is 25.4 Å². The molecule has 0 radical (unpaired) electrons. The average Bonchev–Trinajstić information content (AvgIpc) is 2.29. The molecule has 0 aliphatic carbocycles. The Balaban J connectivity index is 2.17. The molecule has 1 aromatic rings. The van der Waals surface area contributed by atoms with Gasteiger partial charge in [-0.15, -0.1) is 0 Å². The van der Waals surface area contributed by atoms with E-state index >= 15 is 0 Å². The molecule has 1 aliphatic rings. The lowest BCUT2D eigenvalue weighted by Gasteiger charge is -2.34. The van der Waals surface area contributed by atoms with Crippen molar-refractivity contribution in [1.29, 1.82) is 0 Å². The summed E-state index contributed by atoms with van der Waals surface area (Å²) in [6.07, 6.45) is 0. The molecule has 1 aromatic carbocycles. The SMILES string of the molecule is C[C@@H]1CNCCN1C(=O)c1cccc(N)c1. The van der Waals surface area contributed by atoms with Gasteiger partial charge in [0.25, 0.3) is 5.91 Å². The molecule has 1 atom stereocenters. The fraction of sp³-hybridized carbons (Fsp3) is 0.417. The van der Waals surface area contributed by atoms with E-state index in [1.165, 1.54) is 0 Å².